The van der Waals surface area contributed by atoms with Crippen LogP contribution in [0.5, 0.6) is 0 Å². The fraction of sp³-hybridized carbons (Fsp3) is 0.0556. The van der Waals surface area contributed by atoms with Crippen LogP contribution in [0, 0.1) is 24.1 Å². The third-order valence-corrected chi connectivity index (χ3v) is 3.59. The Bertz CT molecular complexity index is 969. The number of carboxylic acid groups (broad SMARTS) is 1. The van der Waals surface area contributed by atoms with Crippen molar-refractivity contribution < 1.29 is 14.3 Å². The number of benzene rings is 2. The third kappa shape index (κ3) is 2.75. The van der Waals surface area contributed by atoms with E-state index in [1.54, 1.807) is 18.2 Å². The van der Waals surface area contributed by atoms with Crippen LogP contribution in [0.4, 0.5) is 4.39 Å². The second-order valence-electron chi connectivity index (χ2n) is 5.27. The van der Waals surface area contributed by atoms with Crippen LogP contribution in [0.2, 0.25) is 0 Å². The highest BCUT2D eigenvalue weighted by molar-refractivity contribution is 5.88. The number of halogens is 1. The lowest BCUT2D eigenvalue weighted by atomic mass is 10.1. The molecule has 0 radical (unpaired) electrons. The standard InChI is InChI=1S/C18H12FN3O2/c1-11-2-6-14(7-3-11)22-17(18(23)24)9-16(21-22)12-4-5-13(10-20)15(19)8-12/h2-9H,1H3,(H,23,24). The molecular weight excluding hydrogens is 309 g/mol. The van der Waals surface area contributed by atoms with Crippen LogP contribution in [0.25, 0.3) is 16.9 Å². The van der Waals surface area contributed by atoms with E-state index >= 15 is 0 Å². The number of aromatic nitrogens is 2. The molecule has 6 heteroatoms. The van der Waals surface area contributed by atoms with Crippen LogP contribution in [-0.4, -0.2) is 20.9 Å². The molecule has 0 saturated heterocycles. The summed E-state index contributed by atoms with van der Waals surface area (Å²) in [7, 11) is 0. The molecule has 118 valence electrons. The molecule has 0 aliphatic carbocycles. The molecule has 1 heterocycles. The summed E-state index contributed by atoms with van der Waals surface area (Å²) in [4.78, 5) is 11.5. The molecule has 0 amide bonds. The topological polar surface area (TPSA) is 78.9 Å². The van der Waals surface area contributed by atoms with Crippen LogP contribution in [0.3, 0.4) is 0 Å². The summed E-state index contributed by atoms with van der Waals surface area (Å²) in [6.45, 7) is 1.93. The lowest BCUT2D eigenvalue weighted by molar-refractivity contribution is 0.0687. The van der Waals surface area contributed by atoms with Crippen LogP contribution in [0.1, 0.15) is 21.6 Å². The second kappa shape index (κ2) is 5.97. The maximum absolute atomic E-state index is 13.8. The highest BCUT2D eigenvalue weighted by Gasteiger charge is 2.17. The summed E-state index contributed by atoms with van der Waals surface area (Å²) in [6.07, 6.45) is 0. The van der Waals surface area contributed by atoms with Crippen molar-refractivity contribution in [3.63, 3.8) is 0 Å². The lowest BCUT2D eigenvalue weighted by Crippen LogP contribution is -2.07. The van der Waals surface area contributed by atoms with E-state index in [0.717, 1.165) is 5.56 Å². The molecule has 5 nitrogen and oxygen atoms in total. The molecule has 0 aliphatic rings. The molecule has 2 aromatic carbocycles. The van der Waals surface area contributed by atoms with E-state index in [2.05, 4.69) is 5.10 Å². The van der Waals surface area contributed by atoms with Crippen LogP contribution in [0.15, 0.2) is 48.5 Å². The minimum absolute atomic E-state index is 0.0291. The molecule has 0 atom stereocenters. The van der Waals surface area contributed by atoms with Crippen molar-refractivity contribution in [3.8, 4) is 23.0 Å². The number of aromatic carboxylic acids is 1. The van der Waals surface area contributed by atoms with Crippen molar-refractivity contribution in [2.45, 2.75) is 6.92 Å². The van der Waals surface area contributed by atoms with Gasteiger partial charge in [-0.25, -0.2) is 13.9 Å². The number of carbonyl (C=O) groups is 1. The van der Waals surface area contributed by atoms with E-state index in [4.69, 9.17) is 5.26 Å². The van der Waals surface area contributed by atoms with Crippen molar-refractivity contribution >= 4 is 5.97 Å². The van der Waals surface area contributed by atoms with E-state index in [1.165, 1.54) is 28.9 Å². The number of nitrogens with zero attached hydrogens (tertiary/aromatic N) is 3. The Kier molecular flexibility index (Phi) is 3.84. The van der Waals surface area contributed by atoms with Gasteiger partial charge in [0.1, 0.15) is 11.9 Å². The summed E-state index contributed by atoms with van der Waals surface area (Å²) < 4.78 is 15.1. The van der Waals surface area contributed by atoms with Crippen molar-refractivity contribution in [1.82, 2.24) is 9.78 Å². The Hall–Kier alpha value is -3.46. The van der Waals surface area contributed by atoms with Gasteiger partial charge >= 0.3 is 5.97 Å². The minimum atomic E-state index is -1.14. The first kappa shape index (κ1) is 15.4. The van der Waals surface area contributed by atoms with Gasteiger partial charge in [-0.1, -0.05) is 23.8 Å². The van der Waals surface area contributed by atoms with Gasteiger partial charge < -0.3 is 5.11 Å². The van der Waals surface area contributed by atoms with Gasteiger partial charge in [0.2, 0.25) is 0 Å². The smallest absolute Gasteiger partial charge is 0.354 e. The van der Waals surface area contributed by atoms with Crippen LogP contribution < -0.4 is 0 Å². The highest BCUT2D eigenvalue weighted by Crippen LogP contribution is 2.24. The van der Waals surface area contributed by atoms with Crippen LogP contribution in [-0.2, 0) is 0 Å². The molecule has 24 heavy (non-hydrogen) atoms. The van der Waals surface area contributed by atoms with Crippen molar-refractivity contribution in [2.75, 3.05) is 0 Å². The number of carboxylic acids is 1. The normalized spacial score (nSPS) is 10.4. The molecule has 1 N–H and O–H groups in total. The average Bonchev–Trinajstić information content (AvgIpc) is 3.01. The van der Waals surface area contributed by atoms with E-state index in [9.17, 15) is 14.3 Å². The Labute approximate surface area is 137 Å². The largest absolute Gasteiger partial charge is 0.477 e. The SMILES string of the molecule is Cc1ccc(-n2nc(-c3ccc(C#N)c(F)c3)cc2C(=O)O)cc1. The van der Waals surface area contributed by atoms with Crippen molar-refractivity contribution in [3.05, 3.63) is 71.2 Å². The quantitative estimate of drug-likeness (QED) is 0.800. The minimum Gasteiger partial charge on any atom is -0.477 e. The fourth-order valence-electron chi connectivity index (χ4n) is 2.32. The van der Waals surface area contributed by atoms with Gasteiger partial charge in [0, 0.05) is 5.56 Å². The number of hydrogen-bond acceptors (Lipinski definition) is 3. The lowest BCUT2D eigenvalue weighted by Gasteiger charge is -2.04. The molecule has 3 rings (SSSR count). The highest BCUT2D eigenvalue weighted by atomic mass is 19.1. The van der Waals surface area contributed by atoms with Crippen LogP contribution >= 0.6 is 0 Å². The number of rotatable bonds is 3. The number of hydrogen-bond donors (Lipinski definition) is 1. The summed E-state index contributed by atoms with van der Waals surface area (Å²) in [5, 5.41) is 22.5. The Morgan fingerprint density at radius 3 is 2.50 bits per heavy atom. The zero-order chi connectivity index (χ0) is 17.3. The molecular formula is C18H12FN3O2. The van der Waals surface area contributed by atoms with E-state index < -0.39 is 11.8 Å². The zero-order valence-electron chi connectivity index (χ0n) is 12.7. The number of nitriles is 1. The summed E-state index contributed by atoms with van der Waals surface area (Å²) in [5.74, 6) is -1.81. The van der Waals surface area contributed by atoms with E-state index in [-0.39, 0.29) is 11.3 Å². The molecule has 0 spiro atoms. The maximum Gasteiger partial charge on any atom is 0.354 e. The molecule has 0 bridgehead atoms. The first-order valence-corrected chi connectivity index (χ1v) is 7.10. The Balaban J connectivity index is 2.13. The van der Waals surface area contributed by atoms with Crippen molar-refractivity contribution in [2.24, 2.45) is 0 Å². The molecule has 0 aliphatic heterocycles. The van der Waals surface area contributed by atoms with Crippen molar-refractivity contribution in [1.29, 1.82) is 5.26 Å². The van der Waals surface area contributed by atoms with Gasteiger partial charge in [0.25, 0.3) is 0 Å². The van der Waals surface area contributed by atoms with Gasteiger partial charge in [0.15, 0.2) is 5.69 Å². The van der Waals surface area contributed by atoms with Gasteiger partial charge in [-0.15, -0.1) is 0 Å². The van der Waals surface area contributed by atoms with Gasteiger partial charge in [0.05, 0.1) is 16.9 Å². The first-order chi connectivity index (χ1) is 11.5. The van der Waals surface area contributed by atoms with E-state index in [0.29, 0.717) is 16.9 Å². The average molecular weight is 321 g/mol. The summed E-state index contributed by atoms with van der Waals surface area (Å²) >= 11 is 0. The maximum atomic E-state index is 13.8. The summed E-state index contributed by atoms with van der Waals surface area (Å²) in [5.41, 5.74) is 2.25. The Morgan fingerprint density at radius 2 is 1.92 bits per heavy atom. The fourth-order valence-corrected chi connectivity index (χ4v) is 2.32. The molecule has 0 saturated carbocycles. The first-order valence-electron chi connectivity index (χ1n) is 7.10. The zero-order valence-corrected chi connectivity index (χ0v) is 12.7. The molecule has 0 unspecified atom stereocenters. The molecule has 3 aromatic rings. The summed E-state index contributed by atoms with van der Waals surface area (Å²) in [6, 6.07) is 14.4. The van der Waals surface area contributed by atoms with Gasteiger partial charge in [-0.2, -0.15) is 10.4 Å². The van der Waals surface area contributed by atoms with E-state index in [1.807, 2.05) is 19.1 Å². The molecule has 0 fully saturated rings. The predicted molar refractivity (Wildman–Crippen MR) is 85.4 cm³/mol. The van der Waals surface area contributed by atoms with Gasteiger partial charge in [-0.3, -0.25) is 0 Å². The molecule has 1 aromatic heterocycles. The van der Waals surface area contributed by atoms with Gasteiger partial charge in [-0.05, 0) is 37.3 Å². The monoisotopic (exact) mass is 321 g/mol. The predicted octanol–water partition coefficient (Wildman–Crippen LogP) is 3.56. The number of aryl methyl sites for hydroxylation is 1. The third-order valence-electron chi connectivity index (χ3n) is 3.59. The Morgan fingerprint density at radius 1 is 1.21 bits per heavy atom. The second-order valence-corrected chi connectivity index (χ2v) is 5.27.